The van der Waals surface area contributed by atoms with E-state index in [-0.39, 0.29) is 5.54 Å². The van der Waals surface area contributed by atoms with Crippen LogP contribution in [0.1, 0.15) is 46.0 Å². The third-order valence-corrected chi connectivity index (χ3v) is 2.63. The molecule has 10 heavy (non-hydrogen) atoms. The molecule has 1 rings (SSSR count). The molecule has 0 spiro atoms. The van der Waals surface area contributed by atoms with E-state index in [4.69, 9.17) is 5.73 Å². The van der Waals surface area contributed by atoms with Crippen molar-refractivity contribution in [3.63, 3.8) is 0 Å². The van der Waals surface area contributed by atoms with E-state index in [1.54, 1.807) is 0 Å². The molecule has 1 heteroatoms. The Morgan fingerprint density at radius 1 is 1.40 bits per heavy atom. The van der Waals surface area contributed by atoms with Crippen molar-refractivity contribution < 1.29 is 0 Å². The van der Waals surface area contributed by atoms with Crippen molar-refractivity contribution in [3.8, 4) is 0 Å². The summed E-state index contributed by atoms with van der Waals surface area (Å²) in [4.78, 5) is 0. The van der Waals surface area contributed by atoms with E-state index in [0.717, 1.165) is 5.92 Å². The zero-order chi connectivity index (χ0) is 7.61. The van der Waals surface area contributed by atoms with Gasteiger partial charge in [0.15, 0.2) is 0 Å². The lowest BCUT2D eigenvalue weighted by atomic mass is 10.1. The Morgan fingerprint density at radius 3 is 2.60 bits per heavy atom. The zero-order valence-corrected chi connectivity index (χ0v) is 7.19. The van der Waals surface area contributed by atoms with Gasteiger partial charge in [0.25, 0.3) is 0 Å². The highest BCUT2D eigenvalue weighted by Crippen LogP contribution is 2.47. The van der Waals surface area contributed by atoms with Gasteiger partial charge >= 0.3 is 0 Å². The van der Waals surface area contributed by atoms with Crippen LogP contribution in [0.3, 0.4) is 0 Å². The highest BCUT2D eigenvalue weighted by Gasteiger charge is 2.48. The second-order valence-electron chi connectivity index (χ2n) is 3.67. The van der Waals surface area contributed by atoms with Crippen LogP contribution in [0, 0.1) is 5.92 Å². The molecule has 60 valence electrons. The van der Waals surface area contributed by atoms with Gasteiger partial charge in [0, 0.05) is 5.54 Å². The maximum atomic E-state index is 6.09. The van der Waals surface area contributed by atoms with Crippen molar-refractivity contribution >= 4 is 0 Å². The fraction of sp³-hybridized carbons (Fsp3) is 1.00. The first-order valence-corrected chi connectivity index (χ1v) is 4.52. The minimum absolute atomic E-state index is 0.269. The summed E-state index contributed by atoms with van der Waals surface area (Å²) in [6.07, 6.45) is 6.41. The topological polar surface area (TPSA) is 26.0 Å². The fourth-order valence-corrected chi connectivity index (χ4v) is 1.91. The van der Waals surface area contributed by atoms with Crippen molar-refractivity contribution in [1.82, 2.24) is 0 Å². The molecule has 0 aromatic carbocycles. The molecule has 0 aromatic heterocycles. The average Bonchev–Trinajstić information content (AvgIpc) is 2.44. The first-order valence-electron chi connectivity index (χ1n) is 4.52. The molecule has 1 nitrogen and oxygen atoms in total. The maximum absolute atomic E-state index is 6.09. The Hall–Kier alpha value is -0.0400. The normalized spacial score (nSPS) is 38.1. The number of hydrogen-bond donors (Lipinski definition) is 1. The monoisotopic (exact) mass is 141 g/mol. The largest absolute Gasteiger partial charge is 0.325 e. The minimum atomic E-state index is 0.269. The number of hydrogen-bond acceptors (Lipinski definition) is 1. The van der Waals surface area contributed by atoms with Crippen molar-refractivity contribution in [2.75, 3.05) is 0 Å². The molecule has 1 saturated carbocycles. The van der Waals surface area contributed by atoms with Crippen LogP contribution in [0.5, 0.6) is 0 Å². The number of nitrogens with two attached hydrogens (primary N) is 1. The van der Waals surface area contributed by atoms with Gasteiger partial charge in [-0.3, -0.25) is 0 Å². The quantitative estimate of drug-likeness (QED) is 0.638. The average molecular weight is 141 g/mol. The summed E-state index contributed by atoms with van der Waals surface area (Å²) in [5.74, 6) is 0.859. The molecule has 0 bridgehead atoms. The summed E-state index contributed by atoms with van der Waals surface area (Å²) >= 11 is 0. The van der Waals surface area contributed by atoms with E-state index in [1.165, 1.54) is 32.1 Å². The van der Waals surface area contributed by atoms with E-state index in [1.807, 2.05) is 0 Å². The predicted octanol–water partition coefficient (Wildman–Crippen LogP) is 2.30. The molecular formula is C9H19N. The summed E-state index contributed by atoms with van der Waals surface area (Å²) in [5.41, 5.74) is 6.36. The summed E-state index contributed by atoms with van der Waals surface area (Å²) < 4.78 is 0. The van der Waals surface area contributed by atoms with Crippen LogP contribution in [0.15, 0.2) is 0 Å². The fourth-order valence-electron chi connectivity index (χ4n) is 1.91. The van der Waals surface area contributed by atoms with Gasteiger partial charge in [-0.15, -0.1) is 0 Å². The number of rotatable bonds is 4. The van der Waals surface area contributed by atoms with Gasteiger partial charge in [-0.25, -0.2) is 0 Å². The van der Waals surface area contributed by atoms with Crippen molar-refractivity contribution in [3.05, 3.63) is 0 Å². The maximum Gasteiger partial charge on any atom is 0.0186 e. The summed E-state index contributed by atoms with van der Waals surface area (Å²) in [6.45, 7) is 4.46. The first-order chi connectivity index (χ1) is 4.73. The standard InChI is InChI=1S/C9H19N/c1-3-5-8-7-9(8,10)6-4-2/h8H,3-7,10H2,1-2H3. The lowest BCUT2D eigenvalue weighted by Gasteiger charge is -2.07. The molecule has 1 aliphatic rings. The molecule has 2 unspecified atom stereocenters. The molecular weight excluding hydrogens is 122 g/mol. The smallest absolute Gasteiger partial charge is 0.0186 e. The second kappa shape index (κ2) is 2.91. The minimum Gasteiger partial charge on any atom is -0.325 e. The van der Waals surface area contributed by atoms with Crippen LogP contribution in [0.25, 0.3) is 0 Å². The molecule has 2 atom stereocenters. The second-order valence-corrected chi connectivity index (χ2v) is 3.67. The Kier molecular flexibility index (Phi) is 2.35. The summed E-state index contributed by atoms with van der Waals surface area (Å²) in [6, 6.07) is 0. The third-order valence-electron chi connectivity index (χ3n) is 2.63. The van der Waals surface area contributed by atoms with Crippen molar-refractivity contribution in [2.24, 2.45) is 11.7 Å². The molecule has 0 amide bonds. The molecule has 1 aliphatic carbocycles. The Morgan fingerprint density at radius 2 is 2.10 bits per heavy atom. The Bertz CT molecular complexity index is 111. The zero-order valence-electron chi connectivity index (χ0n) is 7.19. The Balaban J connectivity index is 2.19. The molecule has 1 fully saturated rings. The van der Waals surface area contributed by atoms with Gasteiger partial charge in [-0.2, -0.15) is 0 Å². The summed E-state index contributed by atoms with van der Waals surface area (Å²) in [7, 11) is 0. The van der Waals surface area contributed by atoms with Crippen LogP contribution in [-0.4, -0.2) is 5.54 Å². The first kappa shape index (κ1) is 8.06. The molecule has 0 aromatic rings. The molecule has 0 heterocycles. The van der Waals surface area contributed by atoms with Crippen LogP contribution >= 0.6 is 0 Å². The van der Waals surface area contributed by atoms with E-state index < -0.39 is 0 Å². The van der Waals surface area contributed by atoms with E-state index >= 15 is 0 Å². The molecule has 0 saturated heterocycles. The highest BCUT2D eigenvalue weighted by atomic mass is 14.9. The Labute approximate surface area is 64.0 Å². The van der Waals surface area contributed by atoms with Crippen LogP contribution < -0.4 is 5.73 Å². The lowest BCUT2D eigenvalue weighted by Crippen LogP contribution is -2.24. The molecule has 0 radical (unpaired) electrons. The third kappa shape index (κ3) is 1.51. The van der Waals surface area contributed by atoms with E-state index in [9.17, 15) is 0 Å². The van der Waals surface area contributed by atoms with Crippen LogP contribution in [-0.2, 0) is 0 Å². The van der Waals surface area contributed by atoms with Gasteiger partial charge < -0.3 is 5.73 Å². The van der Waals surface area contributed by atoms with Gasteiger partial charge in [0.2, 0.25) is 0 Å². The van der Waals surface area contributed by atoms with Crippen molar-refractivity contribution in [1.29, 1.82) is 0 Å². The van der Waals surface area contributed by atoms with Crippen molar-refractivity contribution in [2.45, 2.75) is 51.5 Å². The molecule has 0 aliphatic heterocycles. The van der Waals surface area contributed by atoms with E-state index in [0.29, 0.717) is 0 Å². The highest BCUT2D eigenvalue weighted by molar-refractivity contribution is 5.06. The van der Waals surface area contributed by atoms with E-state index in [2.05, 4.69) is 13.8 Å². The van der Waals surface area contributed by atoms with Gasteiger partial charge in [-0.1, -0.05) is 26.7 Å². The lowest BCUT2D eigenvalue weighted by molar-refractivity contribution is 0.517. The van der Waals surface area contributed by atoms with Gasteiger partial charge in [0.05, 0.1) is 0 Å². The molecule has 2 N–H and O–H groups in total. The summed E-state index contributed by atoms with van der Waals surface area (Å²) in [5, 5.41) is 0. The van der Waals surface area contributed by atoms with Crippen LogP contribution in [0.4, 0.5) is 0 Å². The van der Waals surface area contributed by atoms with Gasteiger partial charge in [0.1, 0.15) is 0 Å². The van der Waals surface area contributed by atoms with Crippen LogP contribution in [0.2, 0.25) is 0 Å². The predicted molar refractivity (Wildman–Crippen MR) is 44.8 cm³/mol. The van der Waals surface area contributed by atoms with Gasteiger partial charge in [-0.05, 0) is 25.2 Å². The SMILES string of the molecule is CCCC1CC1(N)CCC.